The Morgan fingerprint density at radius 3 is 2.09 bits per heavy atom. The molecule has 0 aromatic rings. The van der Waals surface area contributed by atoms with E-state index in [0.29, 0.717) is 25.7 Å². The Bertz CT molecular complexity index is 837. The van der Waals surface area contributed by atoms with Gasteiger partial charge in [0.1, 0.15) is 18.0 Å². The second-order valence-corrected chi connectivity index (χ2v) is 11.3. The Hall–Kier alpha value is -1.96. The summed E-state index contributed by atoms with van der Waals surface area (Å²) < 4.78 is 17.3. The summed E-state index contributed by atoms with van der Waals surface area (Å²) in [7, 11) is 0. The van der Waals surface area contributed by atoms with Crippen molar-refractivity contribution < 1.29 is 38.5 Å². The lowest BCUT2D eigenvalue weighted by Gasteiger charge is -2.52. The number of ketones is 1. The zero-order valence-corrected chi connectivity index (χ0v) is 21.5. The van der Waals surface area contributed by atoms with Gasteiger partial charge in [-0.2, -0.15) is 0 Å². The van der Waals surface area contributed by atoms with Crippen molar-refractivity contribution in [2.45, 2.75) is 92.0 Å². The van der Waals surface area contributed by atoms with Gasteiger partial charge < -0.3 is 19.3 Å². The minimum Gasteiger partial charge on any atom is -0.465 e. The minimum atomic E-state index is -1.24. The van der Waals surface area contributed by atoms with Crippen LogP contribution in [-0.4, -0.2) is 53.2 Å². The molecule has 0 amide bonds. The molecule has 3 fully saturated rings. The second kappa shape index (κ2) is 9.59. The van der Waals surface area contributed by atoms with E-state index < -0.39 is 47.0 Å². The first-order chi connectivity index (χ1) is 15.7. The maximum Gasteiger partial charge on any atom is 0.303 e. The molecular weight excluding hydrogens is 440 g/mol. The van der Waals surface area contributed by atoms with Gasteiger partial charge >= 0.3 is 17.9 Å². The molecule has 3 aliphatic rings. The van der Waals surface area contributed by atoms with Crippen LogP contribution in [0.3, 0.4) is 0 Å². The molecule has 0 radical (unpaired) electrons. The molecule has 0 unspecified atom stereocenters. The average molecular weight is 481 g/mol. The fourth-order valence-corrected chi connectivity index (χ4v) is 7.24. The van der Waals surface area contributed by atoms with Crippen LogP contribution in [0.25, 0.3) is 0 Å². The normalized spacial score (nSPS) is 41.8. The zero-order chi connectivity index (χ0) is 25.6. The first kappa shape index (κ1) is 26.6. The number of esters is 3. The first-order valence-corrected chi connectivity index (χ1v) is 12.5. The Labute approximate surface area is 202 Å². The maximum atomic E-state index is 12.9. The molecule has 192 valence electrons. The fourth-order valence-electron chi connectivity index (χ4n) is 7.24. The molecule has 3 rings (SSSR count). The van der Waals surface area contributed by atoms with Crippen molar-refractivity contribution in [2.24, 2.45) is 40.9 Å². The molecule has 34 heavy (non-hydrogen) atoms. The van der Waals surface area contributed by atoms with Gasteiger partial charge in [-0.25, -0.2) is 0 Å². The maximum absolute atomic E-state index is 12.9. The van der Waals surface area contributed by atoms with Crippen molar-refractivity contribution in [3.63, 3.8) is 0 Å². The molecule has 3 aliphatic carbocycles. The van der Waals surface area contributed by atoms with Crippen molar-refractivity contribution in [1.82, 2.24) is 0 Å². The van der Waals surface area contributed by atoms with Gasteiger partial charge in [0.15, 0.2) is 0 Å². The van der Waals surface area contributed by atoms with Gasteiger partial charge in [-0.15, -0.1) is 0 Å². The summed E-state index contributed by atoms with van der Waals surface area (Å²) in [5.74, 6) is -2.73. The largest absolute Gasteiger partial charge is 0.465 e. The highest BCUT2D eigenvalue weighted by molar-refractivity contribution is 5.83. The highest BCUT2D eigenvalue weighted by Crippen LogP contribution is 2.62. The number of hydrogen-bond donors (Lipinski definition) is 1. The molecule has 0 bridgehead atoms. The topological polar surface area (TPSA) is 116 Å². The van der Waals surface area contributed by atoms with Crippen LogP contribution in [0.15, 0.2) is 0 Å². The minimum absolute atomic E-state index is 0.0218. The smallest absolute Gasteiger partial charge is 0.303 e. The number of fused-ring (bicyclic) bond motifs is 2. The van der Waals surface area contributed by atoms with Crippen molar-refractivity contribution in [2.75, 3.05) is 6.61 Å². The summed E-state index contributed by atoms with van der Waals surface area (Å²) >= 11 is 0. The van der Waals surface area contributed by atoms with Crippen LogP contribution >= 0.6 is 0 Å². The summed E-state index contributed by atoms with van der Waals surface area (Å²) in [5, 5.41) is 12.1. The summed E-state index contributed by atoms with van der Waals surface area (Å²) in [6, 6.07) is 0. The summed E-state index contributed by atoms with van der Waals surface area (Å²) in [4.78, 5) is 49.3. The molecule has 0 spiro atoms. The van der Waals surface area contributed by atoms with Crippen molar-refractivity contribution in [3.8, 4) is 0 Å². The first-order valence-electron chi connectivity index (χ1n) is 12.5. The van der Waals surface area contributed by atoms with Crippen LogP contribution in [0, 0.1) is 40.9 Å². The van der Waals surface area contributed by atoms with Crippen LogP contribution in [0.1, 0.15) is 74.1 Å². The fraction of sp³-hybridized carbons (Fsp3) is 0.846. The lowest BCUT2D eigenvalue weighted by Crippen LogP contribution is -2.60. The second-order valence-electron chi connectivity index (χ2n) is 11.3. The van der Waals surface area contributed by atoms with E-state index in [1.54, 1.807) is 0 Å². The lowest BCUT2D eigenvalue weighted by molar-refractivity contribution is -0.211. The number of aliphatic hydroxyl groups is 1. The van der Waals surface area contributed by atoms with E-state index in [-0.39, 0.29) is 42.0 Å². The van der Waals surface area contributed by atoms with Crippen molar-refractivity contribution in [1.29, 1.82) is 0 Å². The van der Waals surface area contributed by atoms with E-state index in [0.717, 1.165) is 0 Å². The van der Waals surface area contributed by atoms with Gasteiger partial charge in [0.25, 0.3) is 0 Å². The van der Waals surface area contributed by atoms with Crippen molar-refractivity contribution >= 4 is 23.7 Å². The number of carbonyl (C=O) groups is 4. The summed E-state index contributed by atoms with van der Waals surface area (Å²) in [6.07, 6.45) is 0.122. The molecular formula is C26H40O8. The van der Waals surface area contributed by atoms with E-state index in [2.05, 4.69) is 0 Å². The monoisotopic (exact) mass is 480 g/mol. The Balaban J connectivity index is 2.25. The van der Waals surface area contributed by atoms with Gasteiger partial charge in [0.05, 0.1) is 12.2 Å². The SMILES string of the molecule is CC(=O)OC[C@]12CC[C@@](O)(C(C)C)[C@@H]1[C@@H](OC(C)=O)[C@@H](OC(C)=O)[C@H](C)[C@@H]1CC(=O)[C@@H](C)[C@@H]1C2. The van der Waals surface area contributed by atoms with Gasteiger partial charge in [0, 0.05) is 50.4 Å². The standard InChI is InChI=1S/C26H40O8/c1-13(2)26(31)9-8-25(12-32-16(5)27)11-20-14(3)21(30)10-19(20)15(4)22(33-17(6)28)23(24(25)26)34-18(7)29/h13-15,19-20,22-24,31H,8-12H2,1-7H3/t14-,15+,19-,20-,22-,23-,24+,25+,26+/m0/s1. The van der Waals surface area contributed by atoms with Gasteiger partial charge in [-0.1, -0.05) is 27.7 Å². The van der Waals surface area contributed by atoms with Crippen LogP contribution < -0.4 is 0 Å². The molecule has 3 saturated carbocycles. The third-order valence-corrected chi connectivity index (χ3v) is 9.01. The quantitative estimate of drug-likeness (QED) is 0.471. The highest BCUT2D eigenvalue weighted by Gasteiger charge is 2.67. The highest BCUT2D eigenvalue weighted by atomic mass is 16.6. The van der Waals surface area contributed by atoms with Crippen LogP contribution in [-0.2, 0) is 33.4 Å². The summed E-state index contributed by atoms with van der Waals surface area (Å²) in [5.41, 5.74) is -1.97. The van der Waals surface area contributed by atoms with Gasteiger partial charge in [0.2, 0.25) is 0 Å². The Morgan fingerprint density at radius 1 is 0.971 bits per heavy atom. The number of hydrogen-bond acceptors (Lipinski definition) is 8. The van der Waals surface area contributed by atoms with Crippen LogP contribution in [0.5, 0.6) is 0 Å². The van der Waals surface area contributed by atoms with E-state index >= 15 is 0 Å². The number of ether oxygens (including phenoxy) is 3. The number of Topliss-reactive ketones (excluding diaryl/α,β-unsaturated/α-hetero) is 1. The molecule has 0 aliphatic heterocycles. The third-order valence-electron chi connectivity index (χ3n) is 9.01. The Morgan fingerprint density at radius 2 is 1.56 bits per heavy atom. The molecule has 0 saturated heterocycles. The predicted molar refractivity (Wildman–Crippen MR) is 122 cm³/mol. The molecule has 8 heteroatoms. The predicted octanol–water partition coefficient (Wildman–Crippen LogP) is 3.08. The summed E-state index contributed by atoms with van der Waals surface area (Å²) in [6.45, 7) is 11.7. The average Bonchev–Trinajstić information content (AvgIpc) is 3.17. The number of rotatable bonds is 5. The van der Waals surface area contributed by atoms with E-state index in [4.69, 9.17) is 14.2 Å². The van der Waals surface area contributed by atoms with E-state index in [1.165, 1.54) is 20.8 Å². The molecule has 1 N–H and O–H groups in total. The third kappa shape index (κ3) is 4.62. The molecule has 8 nitrogen and oxygen atoms in total. The zero-order valence-electron chi connectivity index (χ0n) is 21.5. The van der Waals surface area contributed by atoms with Crippen molar-refractivity contribution in [3.05, 3.63) is 0 Å². The molecule has 0 heterocycles. The molecule has 0 aromatic carbocycles. The van der Waals surface area contributed by atoms with E-state index in [9.17, 15) is 24.3 Å². The molecule has 0 aromatic heterocycles. The van der Waals surface area contributed by atoms with Gasteiger partial charge in [-0.3, -0.25) is 19.2 Å². The number of carbonyl (C=O) groups excluding carboxylic acids is 4. The van der Waals surface area contributed by atoms with E-state index in [1.807, 2.05) is 27.7 Å². The van der Waals surface area contributed by atoms with Crippen LogP contribution in [0.4, 0.5) is 0 Å². The Kier molecular flexibility index (Phi) is 7.52. The lowest BCUT2D eigenvalue weighted by atomic mass is 9.58. The van der Waals surface area contributed by atoms with Crippen LogP contribution in [0.2, 0.25) is 0 Å². The van der Waals surface area contributed by atoms with Gasteiger partial charge in [-0.05, 0) is 37.0 Å². The molecule has 9 atom stereocenters.